The van der Waals surface area contributed by atoms with Crippen LogP contribution in [0.3, 0.4) is 0 Å². The summed E-state index contributed by atoms with van der Waals surface area (Å²) in [5, 5.41) is 6.69. The molecule has 0 aliphatic heterocycles. The van der Waals surface area contributed by atoms with Gasteiger partial charge in [0.2, 0.25) is 0 Å². The normalized spacial score (nSPS) is 11.0. The van der Waals surface area contributed by atoms with E-state index in [0.29, 0.717) is 23.1 Å². The van der Waals surface area contributed by atoms with Gasteiger partial charge in [0.05, 0.1) is 41.9 Å². The molecule has 0 amide bonds. The fourth-order valence-electron chi connectivity index (χ4n) is 3.24. The zero-order chi connectivity index (χ0) is 19.5. The standard InChI is InChI=1S/C22H19N3O3/c1-2-28-21(26)13-20-17-8-4-5-9-18(17)22(27)25(24-20)14-16-12-11-15-7-3-6-10-19(15)23-16/h3-12H,2,13-14H2,1H3. The lowest BCUT2D eigenvalue weighted by Crippen LogP contribution is -2.26. The van der Waals surface area contributed by atoms with E-state index in [1.807, 2.05) is 42.5 Å². The van der Waals surface area contributed by atoms with E-state index in [1.54, 1.807) is 25.1 Å². The van der Waals surface area contributed by atoms with Gasteiger partial charge in [-0.2, -0.15) is 5.10 Å². The van der Waals surface area contributed by atoms with Gasteiger partial charge in [0.1, 0.15) is 0 Å². The molecule has 0 atom stereocenters. The molecular formula is C22H19N3O3. The second-order valence-corrected chi connectivity index (χ2v) is 6.43. The average molecular weight is 373 g/mol. The lowest BCUT2D eigenvalue weighted by Gasteiger charge is -2.11. The molecule has 6 heteroatoms. The molecular weight excluding hydrogens is 354 g/mol. The number of para-hydroxylation sites is 1. The predicted molar refractivity (Wildman–Crippen MR) is 107 cm³/mol. The predicted octanol–water partition coefficient (Wildman–Crippen LogP) is 3.10. The smallest absolute Gasteiger partial charge is 0.311 e. The number of esters is 1. The second-order valence-electron chi connectivity index (χ2n) is 6.43. The molecule has 0 N–H and O–H groups in total. The third-order valence-electron chi connectivity index (χ3n) is 4.53. The molecule has 0 saturated carbocycles. The number of rotatable bonds is 5. The summed E-state index contributed by atoms with van der Waals surface area (Å²) in [4.78, 5) is 29.5. The first-order chi connectivity index (χ1) is 13.7. The first-order valence-electron chi connectivity index (χ1n) is 9.14. The van der Waals surface area contributed by atoms with Crippen LogP contribution in [0.4, 0.5) is 0 Å². The van der Waals surface area contributed by atoms with Gasteiger partial charge in [0.15, 0.2) is 0 Å². The lowest BCUT2D eigenvalue weighted by atomic mass is 10.1. The van der Waals surface area contributed by atoms with E-state index < -0.39 is 0 Å². The number of fused-ring (bicyclic) bond motifs is 2. The number of hydrogen-bond acceptors (Lipinski definition) is 5. The van der Waals surface area contributed by atoms with E-state index >= 15 is 0 Å². The highest BCUT2D eigenvalue weighted by Crippen LogP contribution is 2.16. The summed E-state index contributed by atoms with van der Waals surface area (Å²) in [6, 6.07) is 18.8. The Kier molecular flexibility index (Phi) is 4.85. The molecule has 4 aromatic rings. The van der Waals surface area contributed by atoms with Gasteiger partial charge in [0.25, 0.3) is 5.56 Å². The number of ether oxygens (including phenoxy) is 1. The number of carbonyl (C=O) groups is 1. The molecule has 0 fully saturated rings. The summed E-state index contributed by atoms with van der Waals surface area (Å²) in [5.41, 5.74) is 1.90. The van der Waals surface area contributed by atoms with Crippen LogP contribution in [-0.2, 0) is 22.5 Å². The fraction of sp³-hybridized carbons (Fsp3) is 0.182. The van der Waals surface area contributed by atoms with Crippen molar-refractivity contribution in [2.75, 3.05) is 6.61 Å². The molecule has 0 unspecified atom stereocenters. The largest absolute Gasteiger partial charge is 0.466 e. The van der Waals surface area contributed by atoms with E-state index in [0.717, 1.165) is 16.6 Å². The van der Waals surface area contributed by atoms with E-state index in [1.165, 1.54) is 4.68 Å². The molecule has 4 rings (SSSR count). The maximum absolute atomic E-state index is 12.9. The first-order valence-corrected chi connectivity index (χ1v) is 9.14. The maximum Gasteiger partial charge on any atom is 0.311 e. The van der Waals surface area contributed by atoms with Gasteiger partial charge in [0, 0.05) is 10.8 Å². The Morgan fingerprint density at radius 3 is 2.57 bits per heavy atom. The Morgan fingerprint density at radius 1 is 1.00 bits per heavy atom. The monoisotopic (exact) mass is 373 g/mol. The molecule has 140 valence electrons. The van der Waals surface area contributed by atoms with Gasteiger partial charge in [-0.3, -0.25) is 14.6 Å². The summed E-state index contributed by atoms with van der Waals surface area (Å²) in [6.45, 7) is 2.29. The van der Waals surface area contributed by atoms with Gasteiger partial charge in [-0.1, -0.05) is 42.5 Å². The Bertz CT molecular complexity index is 1230. The Morgan fingerprint density at radius 2 is 1.75 bits per heavy atom. The molecule has 0 spiro atoms. The minimum Gasteiger partial charge on any atom is -0.466 e. The van der Waals surface area contributed by atoms with Crippen LogP contribution in [-0.4, -0.2) is 27.3 Å². The van der Waals surface area contributed by atoms with Crippen molar-refractivity contribution in [3.05, 3.63) is 82.4 Å². The van der Waals surface area contributed by atoms with Crippen LogP contribution in [0.15, 0.2) is 65.5 Å². The summed E-state index contributed by atoms with van der Waals surface area (Å²) < 4.78 is 6.42. The number of nitrogens with zero attached hydrogens (tertiary/aromatic N) is 3. The summed E-state index contributed by atoms with van der Waals surface area (Å²) in [6.07, 6.45) is 0.0137. The fourth-order valence-corrected chi connectivity index (χ4v) is 3.24. The topological polar surface area (TPSA) is 74.1 Å². The van der Waals surface area contributed by atoms with Crippen LogP contribution >= 0.6 is 0 Å². The minimum absolute atomic E-state index is 0.0137. The van der Waals surface area contributed by atoms with Crippen molar-refractivity contribution < 1.29 is 9.53 Å². The highest BCUT2D eigenvalue weighted by Gasteiger charge is 2.14. The van der Waals surface area contributed by atoms with E-state index in [4.69, 9.17) is 4.74 Å². The van der Waals surface area contributed by atoms with Crippen molar-refractivity contribution in [3.63, 3.8) is 0 Å². The van der Waals surface area contributed by atoms with Crippen LogP contribution in [0, 0.1) is 0 Å². The first kappa shape index (κ1) is 17.9. The maximum atomic E-state index is 12.9. The van der Waals surface area contributed by atoms with Crippen LogP contribution in [0.1, 0.15) is 18.3 Å². The zero-order valence-electron chi connectivity index (χ0n) is 15.5. The van der Waals surface area contributed by atoms with Crippen molar-refractivity contribution in [1.29, 1.82) is 0 Å². The Hall–Kier alpha value is -3.54. The van der Waals surface area contributed by atoms with Crippen molar-refractivity contribution >= 4 is 27.6 Å². The molecule has 0 aliphatic rings. The SMILES string of the molecule is CCOC(=O)Cc1nn(Cc2ccc3ccccc3n2)c(=O)c2ccccc12. The molecule has 6 nitrogen and oxygen atoms in total. The summed E-state index contributed by atoms with van der Waals surface area (Å²) in [5.74, 6) is -0.366. The van der Waals surface area contributed by atoms with Crippen LogP contribution in [0.25, 0.3) is 21.7 Å². The number of carbonyl (C=O) groups excluding carboxylic acids is 1. The van der Waals surface area contributed by atoms with Gasteiger partial charge in [-0.25, -0.2) is 4.68 Å². The van der Waals surface area contributed by atoms with Crippen LogP contribution in [0.2, 0.25) is 0 Å². The summed E-state index contributed by atoms with van der Waals surface area (Å²) >= 11 is 0. The van der Waals surface area contributed by atoms with E-state index in [-0.39, 0.29) is 24.5 Å². The second kappa shape index (κ2) is 7.60. The van der Waals surface area contributed by atoms with E-state index in [2.05, 4.69) is 10.1 Å². The van der Waals surface area contributed by atoms with Gasteiger partial charge in [-0.05, 0) is 25.1 Å². The number of aromatic nitrogens is 3. The highest BCUT2D eigenvalue weighted by atomic mass is 16.5. The Labute approximate surface area is 161 Å². The van der Waals surface area contributed by atoms with Crippen molar-refractivity contribution in [2.24, 2.45) is 0 Å². The molecule has 2 aromatic carbocycles. The van der Waals surface area contributed by atoms with Crippen molar-refractivity contribution in [2.45, 2.75) is 19.9 Å². The lowest BCUT2D eigenvalue weighted by molar-refractivity contribution is -0.142. The minimum atomic E-state index is -0.366. The van der Waals surface area contributed by atoms with Crippen LogP contribution in [0.5, 0.6) is 0 Å². The van der Waals surface area contributed by atoms with Crippen molar-refractivity contribution in [1.82, 2.24) is 14.8 Å². The molecule has 0 bridgehead atoms. The van der Waals surface area contributed by atoms with Gasteiger partial charge in [-0.15, -0.1) is 0 Å². The molecule has 2 aromatic heterocycles. The third-order valence-corrected chi connectivity index (χ3v) is 4.53. The van der Waals surface area contributed by atoms with Gasteiger partial charge >= 0.3 is 5.97 Å². The molecule has 2 heterocycles. The summed E-state index contributed by atoms with van der Waals surface area (Å²) in [7, 11) is 0. The quantitative estimate of drug-likeness (QED) is 0.503. The van der Waals surface area contributed by atoms with Gasteiger partial charge < -0.3 is 4.74 Å². The number of hydrogen-bond donors (Lipinski definition) is 0. The molecule has 0 radical (unpaired) electrons. The van der Waals surface area contributed by atoms with E-state index in [9.17, 15) is 9.59 Å². The highest BCUT2D eigenvalue weighted by molar-refractivity contribution is 5.87. The zero-order valence-corrected chi connectivity index (χ0v) is 15.5. The van der Waals surface area contributed by atoms with Crippen LogP contribution < -0.4 is 5.56 Å². The molecule has 28 heavy (non-hydrogen) atoms. The number of pyridine rings is 1. The number of benzene rings is 2. The van der Waals surface area contributed by atoms with Crippen molar-refractivity contribution in [3.8, 4) is 0 Å². The third kappa shape index (κ3) is 3.49. The average Bonchev–Trinajstić information content (AvgIpc) is 2.71. The Balaban J connectivity index is 1.78. The molecule has 0 aliphatic carbocycles. The molecule has 0 saturated heterocycles.